The summed E-state index contributed by atoms with van der Waals surface area (Å²) in [6, 6.07) is 8.30. The van der Waals surface area contributed by atoms with Crippen molar-refractivity contribution in [1.29, 1.82) is 0 Å². The van der Waals surface area contributed by atoms with Gasteiger partial charge in [-0.15, -0.1) is 0 Å². The summed E-state index contributed by atoms with van der Waals surface area (Å²) in [6.45, 7) is 4.59. The third-order valence-electron chi connectivity index (χ3n) is 5.68. The van der Waals surface area contributed by atoms with Crippen molar-refractivity contribution >= 4 is 21.4 Å². The molecule has 3 aliphatic rings. The van der Waals surface area contributed by atoms with Crippen LogP contribution in [-0.4, -0.2) is 80.9 Å². The van der Waals surface area contributed by atoms with Gasteiger partial charge in [-0.2, -0.15) is 0 Å². The molecule has 4 rings (SSSR count). The Hall–Kier alpha value is -1.44. The fraction of sp³-hybridized carbons (Fsp3) is 0.611. The molecule has 6 nitrogen and oxygen atoms in total. The van der Waals surface area contributed by atoms with Crippen LogP contribution in [0, 0.1) is 0 Å². The predicted molar refractivity (Wildman–Crippen MR) is 97.6 cm³/mol. The maximum atomic E-state index is 12.7. The van der Waals surface area contributed by atoms with Crippen LogP contribution in [0.25, 0.3) is 0 Å². The molecule has 1 aromatic rings. The number of amides is 1. The molecule has 7 heteroatoms. The molecule has 0 spiro atoms. The van der Waals surface area contributed by atoms with Crippen LogP contribution in [0.15, 0.2) is 24.3 Å². The average molecular weight is 363 g/mol. The van der Waals surface area contributed by atoms with Crippen molar-refractivity contribution in [3.05, 3.63) is 29.8 Å². The van der Waals surface area contributed by atoms with Crippen LogP contribution in [0.5, 0.6) is 0 Å². The maximum absolute atomic E-state index is 12.7. The van der Waals surface area contributed by atoms with Gasteiger partial charge < -0.3 is 4.90 Å². The Labute approximate surface area is 149 Å². The fourth-order valence-corrected chi connectivity index (χ4v) is 5.99. The van der Waals surface area contributed by atoms with Gasteiger partial charge in [0.15, 0.2) is 9.84 Å². The molecule has 0 aliphatic carbocycles. The van der Waals surface area contributed by atoms with Crippen LogP contribution in [0.3, 0.4) is 0 Å². The Morgan fingerprint density at radius 3 is 2.56 bits per heavy atom. The summed E-state index contributed by atoms with van der Waals surface area (Å²) in [6.07, 6.45) is 1.69. The van der Waals surface area contributed by atoms with Crippen molar-refractivity contribution < 1.29 is 13.2 Å². The normalized spacial score (nSPS) is 26.7. The highest BCUT2D eigenvalue weighted by Gasteiger charge is 2.34. The Kier molecular flexibility index (Phi) is 4.56. The lowest BCUT2D eigenvalue weighted by atomic mass is 10.2. The molecule has 3 heterocycles. The van der Waals surface area contributed by atoms with Crippen LogP contribution in [0.4, 0.5) is 5.69 Å². The van der Waals surface area contributed by atoms with Gasteiger partial charge in [-0.3, -0.25) is 14.6 Å². The van der Waals surface area contributed by atoms with Crippen LogP contribution < -0.4 is 4.90 Å². The highest BCUT2D eigenvalue weighted by atomic mass is 32.2. The molecule has 2 fully saturated rings. The molecule has 3 aliphatic heterocycles. The number of piperazine rings is 1. The third kappa shape index (κ3) is 3.59. The highest BCUT2D eigenvalue weighted by molar-refractivity contribution is 7.91. The first-order chi connectivity index (χ1) is 12.0. The molecule has 0 saturated carbocycles. The number of para-hydroxylation sites is 1. The number of fused-ring (bicyclic) bond motifs is 1. The lowest BCUT2D eigenvalue weighted by molar-refractivity contribution is -0.120. The van der Waals surface area contributed by atoms with Gasteiger partial charge in [0.1, 0.15) is 0 Å². The minimum atomic E-state index is -2.83. The Morgan fingerprint density at radius 1 is 1.08 bits per heavy atom. The second-order valence-corrected chi connectivity index (χ2v) is 9.52. The van der Waals surface area contributed by atoms with Crippen LogP contribution >= 0.6 is 0 Å². The van der Waals surface area contributed by atoms with E-state index in [1.54, 1.807) is 0 Å². The molecule has 2 saturated heterocycles. The van der Waals surface area contributed by atoms with E-state index in [0.717, 1.165) is 51.3 Å². The van der Waals surface area contributed by atoms with Crippen molar-refractivity contribution in [3.63, 3.8) is 0 Å². The molecule has 0 N–H and O–H groups in total. The summed E-state index contributed by atoms with van der Waals surface area (Å²) in [5.74, 6) is 0.795. The van der Waals surface area contributed by atoms with E-state index in [1.165, 1.54) is 5.56 Å². The second-order valence-electron chi connectivity index (χ2n) is 7.29. The zero-order valence-electron chi connectivity index (χ0n) is 14.4. The van der Waals surface area contributed by atoms with E-state index in [4.69, 9.17) is 0 Å². The summed E-state index contributed by atoms with van der Waals surface area (Å²) in [5.41, 5.74) is 2.31. The SMILES string of the molecule is O=C(CN1CCN([C@@H]2CCS(=O)(=O)C2)CC1)N1CCc2ccccc21. The quantitative estimate of drug-likeness (QED) is 0.777. The Balaban J connectivity index is 1.30. The van der Waals surface area contributed by atoms with E-state index >= 15 is 0 Å². The van der Waals surface area contributed by atoms with Gasteiger partial charge in [0, 0.05) is 44.5 Å². The first kappa shape index (κ1) is 17.0. The van der Waals surface area contributed by atoms with Crippen molar-refractivity contribution in [2.24, 2.45) is 0 Å². The first-order valence-corrected chi connectivity index (χ1v) is 10.9. The van der Waals surface area contributed by atoms with E-state index in [0.29, 0.717) is 18.1 Å². The highest BCUT2D eigenvalue weighted by Crippen LogP contribution is 2.27. The largest absolute Gasteiger partial charge is 0.311 e. The predicted octanol–water partition coefficient (Wildman–Crippen LogP) is 0.380. The number of rotatable bonds is 3. The number of carbonyl (C=O) groups excluding carboxylic acids is 1. The topological polar surface area (TPSA) is 60.9 Å². The Morgan fingerprint density at radius 2 is 1.84 bits per heavy atom. The van der Waals surface area contributed by atoms with Gasteiger partial charge in [-0.05, 0) is 24.5 Å². The summed E-state index contributed by atoms with van der Waals surface area (Å²) in [5, 5.41) is 0. The van der Waals surface area contributed by atoms with Gasteiger partial charge in [-0.1, -0.05) is 18.2 Å². The number of carbonyl (C=O) groups is 1. The number of sulfone groups is 1. The van der Waals surface area contributed by atoms with Crippen LogP contribution in [0.2, 0.25) is 0 Å². The second kappa shape index (κ2) is 6.70. The fourth-order valence-electron chi connectivity index (χ4n) is 4.22. The monoisotopic (exact) mass is 363 g/mol. The van der Waals surface area contributed by atoms with Crippen molar-refractivity contribution in [3.8, 4) is 0 Å². The number of nitrogens with zero attached hydrogens (tertiary/aromatic N) is 3. The molecular weight excluding hydrogens is 338 g/mol. The van der Waals surface area contributed by atoms with Gasteiger partial charge in [0.05, 0.1) is 18.1 Å². The minimum Gasteiger partial charge on any atom is -0.311 e. The van der Waals surface area contributed by atoms with Crippen molar-refractivity contribution in [2.45, 2.75) is 18.9 Å². The molecule has 0 radical (unpaired) electrons. The molecule has 0 bridgehead atoms. The zero-order chi connectivity index (χ0) is 17.4. The molecule has 1 atom stereocenters. The molecule has 0 aromatic heterocycles. The van der Waals surface area contributed by atoms with Gasteiger partial charge in [-0.25, -0.2) is 8.42 Å². The standard InChI is InChI=1S/C18H25N3O3S/c22-18(21-7-5-15-3-1-2-4-17(15)21)13-19-8-10-20(11-9-19)16-6-12-25(23,24)14-16/h1-4,16H,5-14H2/t16-/m1/s1. The van der Waals surface area contributed by atoms with E-state index in [1.807, 2.05) is 23.1 Å². The van der Waals surface area contributed by atoms with E-state index in [-0.39, 0.29) is 11.9 Å². The van der Waals surface area contributed by atoms with E-state index in [9.17, 15) is 13.2 Å². The number of benzene rings is 1. The van der Waals surface area contributed by atoms with E-state index < -0.39 is 9.84 Å². The lowest BCUT2D eigenvalue weighted by Gasteiger charge is -2.37. The minimum absolute atomic E-state index is 0.168. The van der Waals surface area contributed by atoms with Crippen LogP contribution in [-0.2, 0) is 21.1 Å². The average Bonchev–Trinajstić information content (AvgIpc) is 3.19. The van der Waals surface area contributed by atoms with Gasteiger partial charge in [0.25, 0.3) is 0 Å². The molecular formula is C18H25N3O3S. The molecule has 1 amide bonds. The number of hydrogen-bond acceptors (Lipinski definition) is 5. The summed E-state index contributed by atoms with van der Waals surface area (Å²) in [7, 11) is -2.83. The first-order valence-electron chi connectivity index (χ1n) is 9.07. The smallest absolute Gasteiger partial charge is 0.241 e. The Bertz CT molecular complexity index is 757. The van der Waals surface area contributed by atoms with Crippen LogP contribution in [0.1, 0.15) is 12.0 Å². The van der Waals surface area contributed by atoms with Gasteiger partial charge in [0.2, 0.25) is 5.91 Å². The number of hydrogen-bond donors (Lipinski definition) is 0. The van der Waals surface area contributed by atoms with Gasteiger partial charge >= 0.3 is 0 Å². The van der Waals surface area contributed by atoms with Crippen molar-refractivity contribution in [2.75, 3.05) is 55.7 Å². The number of anilines is 1. The zero-order valence-corrected chi connectivity index (χ0v) is 15.2. The molecule has 136 valence electrons. The molecule has 0 unspecified atom stereocenters. The van der Waals surface area contributed by atoms with E-state index in [2.05, 4.69) is 15.9 Å². The maximum Gasteiger partial charge on any atom is 0.241 e. The third-order valence-corrected chi connectivity index (χ3v) is 7.43. The summed E-state index contributed by atoms with van der Waals surface area (Å²) in [4.78, 5) is 19.1. The summed E-state index contributed by atoms with van der Waals surface area (Å²) >= 11 is 0. The van der Waals surface area contributed by atoms with Crippen molar-refractivity contribution in [1.82, 2.24) is 9.80 Å². The molecule has 25 heavy (non-hydrogen) atoms. The summed E-state index contributed by atoms with van der Waals surface area (Å²) < 4.78 is 23.3. The molecule has 1 aromatic carbocycles. The lowest BCUT2D eigenvalue weighted by Crippen LogP contribution is -2.53.